The summed E-state index contributed by atoms with van der Waals surface area (Å²) in [6, 6.07) is 11.6. The van der Waals surface area contributed by atoms with Gasteiger partial charge in [0.1, 0.15) is 5.70 Å². The molecule has 2 aromatic carbocycles. The van der Waals surface area contributed by atoms with Gasteiger partial charge in [-0.05, 0) is 41.5 Å². The highest BCUT2D eigenvalue weighted by Gasteiger charge is 2.33. The van der Waals surface area contributed by atoms with E-state index in [1.807, 2.05) is 24.3 Å². The molecule has 3 amide bonds. The number of carbonyl (C=O) groups excluding carboxylic acids is 2. The number of amides is 3. The molecule has 0 spiro atoms. The largest absolute Gasteiger partial charge is 0.504 e. The molecular weight excluding hydrogens is 388 g/mol. The molecule has 3 rings (SSSR count). The molecule has 2 N–H and O–H groups in total. The van der Waals surface area contributed by atoms with Crippen LogP contribution in [0.25, 0.3) is 6.08 Å². The number of phenolic OH excluding ortho intramolecular Hbond substituents is 1. The minimum absolute atomic E-state index is 0.00305. The third kappa shape index (κ3) is 3.66. The van der Waals surface area contributed by atoms with Crippen molar-refractivity contribution in [3.05, 3.63) is 63.8 Å². The Labute approximate surface area is 152 Å². The van der Waals surface area contributed by atoms with Gasteiger partial charge in [0.15, 0.2) is 11.5 Å². The Kier molecular flexibility index (Phi) is 4.76. The molecule has 0 saturated carbocycles. The van der Waals surface area contributed by atoms with E-state index in [1.165, 1.54) is 13.2 Å². The van der Waals surface area contributed by atoms with Crippen molar-refractivity contribution in [3.63, 3.8) is 0 Å². The van der Waals surface area contributed by atoms with Crippen LogP contribution < -0.4 is 10.1 Å². The number of phenols is 1. The molecule has 0 unspecified atom stereocenters. The summed E-state index contributed by atoms with van der Waals surface area (Å²) in [7, 11) is 1.44. The lowest BCUT2D eigenvalue weighted by Gasteiger charge is -2.11. The van der Waals surface area contributed by atoms with Crippen LogP contribution in [0.4, 0.5) is 4.79 Å². The van der Waals surface area contributed by atoms with Gasteiger partial charge in [-0.25, -0.2) is 4.79 Å². The number of urea groups is 1. The fourth-order valence-electron chi connectivity index (χ4n) is 2.44. The van der Waals surface area contributed by atoms with Crippen LogP contribution in [-0.4, -0.2) is 29.1 Å². The lowest BCUT2D eigenvalue weighted by Crippen LogP contribution is -2.30. The van der Waals surface area contributed by atoms with Crippen molar-refractivity contribution in [3.8, 4) is 11.5 Å². The lowest BCUT2D eigenvalue weighted by molar-refractivity contribution is -0.123. The van der Waals surface area contributed by atoms with E-state index < -0.39 is 11.9 Å². The van der Waals surface area contributed by atoms with Gasteiger partial charge in [0.05, 0.1) is 13.7 Å². The third-order valence-corrected chi connectivity index (χ3v) is 4.26. The average Bonchev–Trinajstić information content (AvgIpc) is 2.86. The van der Waals surface area contributed by atoms with Crippen molar-refractivity contribution in [2.24, 2.45) is 0 Å². The highest BCUT2D eigenvalue weighted by Crippen LogP contribution is 2.27. The van der Waals surface area contributed by atoms with E-state index in [0.717, 1.165) is 14.9 Å². The summed E-state index contributed by atoms with van der Waals surface area (Å²) in [6.07, 6.45) is 1.55. The minimum atomic E-state index is -0.468. The molecule has 0 aliphatic carbocycles. The molecule has 128 valence electrons. The molecule has 1 heterocycles. The van der Waals surface area contributed by atoms with Crippen molar-refractivity contribution in [1.82, 2.24) is 10.2 Å². The number of methoxy groups -OCH3 is 1. The van der Waals surface area contributed by atoms with E-state index in [0.29, 0.717) is 5.56 Å². The van der Waals surface area contributed by atoms with E-state index in [4.69, 9.17) is 4.74 Å². The molecule has 2 aromatic rings. The van der Waals surface area contributed by atoms with E-state index >= 15 is 0 Å². The Morgan fingerprint density at radius 1 is 1.20 bits per heavy atom. The van der Waals surface area contributed by atoms with Gasteiger partial charge >= 0.3 is 6.03 Å². The molecule has 0 bridgehead atoms. The van der Waals surface area contributed by atoms with Crippen molar-refractivity contribution in [1.29, 1.82) is 0 Å². The lowest BCUT2D eigenvalue weighted by atomic mass is 10.1. The van der Waals surface area contributed by atoms with Gasteiger partial charge in [-0.1, -0.05) is 34.1 Å². The number of imide groups is 1. The zero-order chi connectivity index (χ0) is 18.0. The first-order chi connectivity index (χ1) is 12.0. The number of halogens is 1. The van der Waals surface area contributed by atoms with E-state index in [-0.39, 0.29) is 23.7 Å². The first-order valence-electron chi connectivity index (χ1n) is 7.44. The fourth-order valence-corrected chi connectivity index (χ4v) is 2.70. The number of aromatic hydroxyl groups is 1. The van der Waals surface area contributed by atoms with E-state index in [9.17, 15) is 14.7 Å². The molecule has 7 heteroatoms. The van der Waals surface area contributed by atoms with Crippen molar-refractivity contribution >= 4 is 33.9 Å². The van der Waals surface area contributed by atoms with Crippen molar-refractivity contribution in [2.75, 3.05) is 7.11 Å². The number of benzene rings is 2. The Morgan fingerprint density at radius 2 is 1.92 bits per heavy atom. The molecule has 0 radical (unpaired) electrons. The summed E-state index contributed by atoms with van der Waals surface area (Å²) < 4.78 is 5.97. The van der Waals surface area contributed by atoms with Crippen molar-refractivity contribution in [2.45, 2.75) is 6.54 Å². The summed E-state index contributed by atoms with van der Waals surface area (Å²) >= 11 is 3.35. The summed E-state index contributed by atoms with van der Waals surface area (Å²) in [6.45, 7) is 0.189. The second-order valence-corrected chi connectivity index (χ2v) is 6.35. The minimum Gasteiger partial charge on any atom is -0.504 e. The molecule has 1 saturated heterocycles. The first kappa shape index (κ1) is 17.0. The number of hydrogen-bond donors (Lipinski definition) is 2. The average molecular weight is 403 g/mol. The zero-order valence-corrected chi connectivity index (χ0v) is 14.9. The van der Waals surface area contributed by atoms with Crippen LogP contribution in [0.15, 0.2) is 52.6 Å². The maximum absolute atomic E-state index is 12.5. The smallest absolute Gasteiger partial charge is 0.329 e. The highest BCUT2D eigenvalue weighted by molar-refractivity contribution is 9.10. The van der Waals surface area contributed by atoms with Gasteiger partial charge in [-0.15, -0.1) is 0 Å². The van der Waals surface area contributed by atoms with Crippen LogP contribution in [-0.2, 0) is 11.3 Å². The van der Waals surface area contributed by atoms with Crippen LogP contribution in [0.2, 0.25) is 0 Å². The molecule has 1 fully saturated rings. The standard InChI is InChI=1S/C18H15BrN2O4/c1-25-16-9-12(4-7-15(16)22)8-14-17(23)21(18(24)20-14)10-11-2-5-13(19)6-3-11/h2-9,22H,10H2,1H3,(H,20,24). The van der Waals surface area contributed by atoms with Crippen LogP contribution in [0.5, 0.6) is 11.5 Å². The molecule has 1 aliphatic heterocycles. The monoisotopic (exact) mass is 402 g/mol. The topological polar surface area (TPSA) is 78.9 Å². The number of ether oxygens (including phenoxy) is 1. The van der Waals surface area contributed by atoms with Gasteiger partial charge in [0, 0.05) is 4.47 Å². The van der Waals surface area contributed by atoms with Crippen LogP contribution in [0, 0.1) is 0 Å². The maximum Gasteiger partial charge on any atom is 0.329 e. The predicted octanol–water partition coefficient (Wildman–Crippen LogP) is 3.26. The van der Waals surface area contributed by atoms with Gasteiger partial charge < -0.3 is 15.2 Å². The zero-order valence-electron chi connectivity index (χ0n) is 13.3. The highest BCUT2D eigenvalue weighted by atomic mass is 79.9. The number of nitrogens with zero attached hydrogens (tertiary/aromatic N) is 1. The Morgan fingerprint density at radius 3 is 2.60 bits per heavy atom. The number of nitrogens with one attached hydrogen (secondary N) is 1. The molecule has 25 heavy (non-hydrogen) atoms. The Balaban J connectivity index is 1.82. The molecule has 0 atom stereocenters. The van der Waals surface area contributed by atoms with Crippen molar-refractivity contribution < 1.29 is 19.4 Å². The maximum atomic E-state index is 12.5. The van der Waals surface area contributed by atoms with Crippen LogP contribution in [0.3, 0.4) is 0 Å². The summed E-state index contributed by atoms with van der Waals surface area (Å²) in [5.41, 5.74) is 1.65. The summed E-state index contributed by atoms with van der Waals surface area (Å²) in [4.78, 5) is 25.8. The number of hydrogen-bond acceptors (Lipinski definition) is 4. The quantitative estimate of drug-likeness (QED) is 0.607. The Hall–Kier alpha value is -2.80. The van der Waals surface area contributed by atoms with Crippen LogP contribution in [0.1, 0.15) is 11.1 Å². The molecule has 6 nitrogen and oxygen atoms in total. The van der Waals surface area contributed by atoms with Crippen LogP contribution >= 0.6 is 15.9 Å². The van der Waals surface area contributed by atoms with Gasteiger partial charge in [0.2, 0.25) is 0 Å². The molecular formula is C18H15BrN2O4. The molecule has 1 aliphatic rings. The summed E-state index contributed by atoms with van der Waals surface area (Å²) in [5, 5.41) is 12.2. The predicted molar refractivity (Wildman–Crippen MR) is 95.9 cm³/mol. The van der Waals surface area contributed by atoms with Gasteiger partial charge in [-0.3, -0.25) is 9.69 Å². The SMILES string of the molecule is COc1cc(C=C2NC(=O)N(Cc3ccc(Br)cc3)C2=O)ccc1O. The number of carbonyl (C=O) groups is 2. The number of rotatable bonds is 4. The van der Waals surface area contributed by atoms with Gasteiger partial charge in [0.25, 0.3) is 5.91 Å². The molecule has 0 aromatic heterocycles. The second-order valence-electron chi connectivity index (χ2n) is 5.44. The van der Waals surface area contributed by atoms with E-state index in [1.54, 1.807) is 18.2 Å². The normalized spacial score (nSPS) is 15.6. The summed E-state index contributed by atoms with van der Waals surface area (Å²) in [5.74, 6) is -0.110. The van der Waals surface area contributed by atoms with E-state index in [2.05, 4.69) is 21.2 Å². The Bertz CT molecular complexity index is 862. The third-order valence-electron chi connectivity index (χ3n) is 3.73. The fraction of sp³-hybridized carbons (Fsp3) is 0.111. The first-order valence-corrected chi connectivity index (χ1v) is 8.23. The second kappa shape index (κ2) is 6.98. The van der Waals surface area contributed by atoms with Gasteiger partial charge in [-0.2, -0.15) is 0 Å².